The first-order valence-corrected chi connectivity index (χ1v) is 8.39. The SMILES string of the molecule is CC(C)C1CCC(=O)C(CN2CCCC2CN(C)C)C1. The van der Waals surface area contributed by atoms with Gasteiger partial charge < -0.3 is 4.90 Å². The normalized spacial score (nSPS) is 32.5. The number of likely N-dealkylation sites (N-methyl/N-ethyl adjacent to an activating group) is 1. The highest BCUT2D eigenvalue weighted by atomic mass is 16.1. The Hall–Kier alpha value is -0.410. The highest BCUT2D eigenvalue weighted by Gasteiger charge is 2.34. The Morgan fingerprint density at radius 1 is 1.30 bits per heavy atom. The average Bonchev–Trinajstić information content (AvgIpc) is 2.78. The molecule has 0 amide bonds. The van der Waals surface area contributed by atoms with Crippen LogP contribution in [0.3, 0.4) is 0 Å². The Bertz CT molecular complexity index is 327. The minimum atomic E-state index is 0.305. The van der Waals surface area contributed by atoms with E-state index in [4.69, 9.17) is 0 Å². The van der Waals surface area contributed by atoms with Gasteiger partial charge in [0.1, 0.15) is 5.78 Å². The summed E-state index contributed by atoms with van der Waals surface area (Å²) in [6.07, 6.45) is 5.66. The van der Waals surface area contributed by atoms with Gasteiger partial charge in [-0.2, -0.15) is 0 Å². The number of hydrogen-bond donors (Lipinski definition) is 0. The fraction of sp³-hybridized carbons (Fsp3) is 0.941. The molecule has 1 saturated carbocycles. The molecule has 2 fully saturated rings. The predicted molar refractivity (Wildman–Crippen MR) is 83.8 cm³/mol. The average molecular weight is 280 g/mol. The van der Waals surface area contributed by atoms with E-state index in [1.54, 1.807) is 0 Å². The molecule has 0 radical (unpaired) electrons. The Labute approximate surface area is 124 Å². The lowest BCUT2D eigenvalue weighted by atomic mass is 9.75. The first-order chi connectivity index (χ1) is 9.47. The smallest absolute Gasteiger partial charge is 0.137 e. The van der Waals surface area contributed by atoms with Crippen LogP contribution in [0.2, 0.25) is 0 Å². The van der Waals surface area contributed by atoms with Gasteiger partial charge in [-0.25, -0.2) is 0 Å². The van der Waals surface area contributed by atoms with Crippen molar-refractivity contribution >= 4 is 5.78 Å². The van der Waals surface area contributed by atoms with Crippen LogP contribution in [0.1, 0.15) is 46.0 Å². The molecule has 0 aromatic heterocycles. The molecular formula is C17H32N2O. The monoisotopic (exact) mass is 280 g/mol. The van der Waals surface area contributed by atoms with Crippen LogP contribution < -0.4 is 0 Å². The molecule has 1 saturated heterocycles. The van der Waals surface area contributed by atoms with Crippen LogP contribution in [0.5, 0.6) is 0 Å². The summed E-state index contributed by atoms with van der Waals surface area (Å²) in [5.74, 6) is 2.31. The summed E-state index contributed by atoms with van der Waals surface area (Å²) in [7, 11) is 4.30. The Kier molecular flexibility index (Phi) is 5.62. The maximum Gasteiger partial charge on any atom is 0.137 e. The first kappa shape index (κ1) is 16.0. The van der Waals surface area contributed by atoms with E-state index in [-0.39, 0.29) is 0 Å². The number of ketones is 1. The summed E-state index contributed by atoms with van der Waals surface area (Å²) < 4.78 is 0. The highest BCUT2D eigenvalue weighted by Crippen LogP contribution is 2.33. The van der Waals surface area contributed by atoms with Crippen LogP contribution in [0.15, 0.2) is 0 Å². The van der Waals surface area contributed by atoms with Gasteiger partial charge in [0.2, 0.25) is 0 Å². The summed E-state index contributed by atoms with van der Waals surface area (Å²) in [6, 6.07) is 0.664. The predicted octanol–water partition coefficient (Wildman–Crippen LogP) is 2.65. The lowest BCUT2D eigenvalue weighted by Crippen LogP contribution is -2.43. The van der Waals surface area contributed by atoms with Crippen LogP contribution in [0, 0.1) is 17.8 Å². The van der Waals surface area contributed by atoms with Crippen molar-refractivity contribution in [2.75, 3.05) is 33.7 Å². The van der Waals surface area contributed by atoms with Gasteiger partial charge in [0.25, 0.3) is 0 Å². The number of Topliss-reactive ketones (excluding diaryl/α,β-unsaturated/α-hetero) is 1. The number of nitrogens with zero attached hydrogens (tertiary/aromatic N) is 2. The molecule has 3 unspecified atom stereocenters. The molecule has 1 aliphatic carbocycles. The van der Waals surface area contributed by atoms with Crippen molar-refractivity contribution in [1.82, 2.24) is 9.80 Å². The van der Waals surface area contributed by atoms with Gasteiger partial charge in [0, 0.05) is 31.5 Å². The zero-order valence-electron chi connectivity index (χ0n) is 13.8. The van der Waals surface area contributed by atoms with Crippen molar-refractivity contribution in [3.63, 3.8) is 0 Å². The second kappa shape index (κ2) is 7.04. The summed E-state index contributed by atoms with van der Waals surface area (Å²) >= 11 is 0. The molecule has 2 aliphatic rings. The summed E-state index contributed by atoms with van der Waals surface area (Å²) in [4.78, 5) is 17.1. The third-order valence-electron chi connectivity index (χ3n) is 5.28. The van der Waals surface area contributed by atoms with Crippen LogP contribution in [-0.2, 0) is 4.79 Å². The molecule has 0 N–H and O–H groups in total. The molecular weight excluding hydrogens is 248 g/mol. The van der Waals surface area contributed by atoms with Crippen LogP contribution in [0.4, 0.5) is 0 Å². The zero-order chi connectivity index (χ0) is 14.7. The van der Waals surface area contributed by atoms with Crippen molar-refractivity contribution in [3.05, 3.63) is 0 Å². The summed E-state index contributed by atoms with van der Waals surface area (Å²) in [6.45, 7) is 7.95. The second-order valence-electron chi connectivity index (χ2n) is 7.49. The lowest BCUT2D eigenvalue weighted by molar-refractivity contribution is -0.126. The van der Waals surface area contributed by atoms with E-state index in [2.05, 4.69) is 37.7 Å². The molecule has 20 heavy (non-hydrogen) atoms. The van der Waals surface area contributed by atoms with Gasteiger partial charge in [-0.3, -0.25) is 9.69 Å². The molecule has 1 aliphatic heterocycles. The number of rotatable bonds is 5. The lowest BCUT2D eigenvalue weighted by Gasteiger charge is -2.35. The number of likely N-dealkylation sites (tertiary alicyclic amines) is 1. The van der Waals surface area contributed by atoms with E-state index in [0.717, 1.165) is 44.2 Å². The van der Waals surface area contributed by atoms with E-state index in [1.807, 2.05) is 0 Å². The third kappa shape index (κ3) is 4.05. The second-order valence-corrected chi connectivity index (χ2v) is 7.49. The Morgan fingerprint density at radius 3 is 2.70 bits per heavy atom. The van der Waals surface area contributed by atoms with Crippen molar-refractivity contribution in [3.8, 4) is 0 Å². The van der Waals surface area contributed by atoms with Crippen LogP contribution in [-0.4, -0.2) is 55.4 Å². The molecule has 116 valence electrons. The molecule has 3 heteroatoms. The molecule has 0 bridgehead atoms. The van der Waals surface area contributed by atoms with E-state index in [0.29, 0.717) is 17.7 Å². The van der Waals surface area contributed by atoms with E-state index in [1.165, 1.54) is 19.4 Å². The molecule has 2 rings (SSSR count). The van der Waals surface area contributed by atoms with Crippen molar-refractivity contribution in [1.29, 1.82) is 0 Å². The third-order valence-corrected chi connectivity index (χ3v) is 5.28. The molecule has 3 nitrogen and oxygen atoms in total. The van der Waals surface area contributed by atoms with Gasteiger partial charge in [0.15, 0.2) is 0 Å². The van der Waals surface area contributed by atoms with Gasteiger partial charge in [-0.05, 0) is 58.2 Å². The van der Waals surface area contributed by atoms with E-state index >= 15 is 0 Å². The zero-order valence-corrected chi connectivity index (χ0v) is 13.8. The van der Waals surface area contributed by atoms with E-state index in [9.17, 15) is 4.79 Å². The number of carbonyl (C=O) groups is 1. The van der Waals surface area contributed by atoms with Gasteiger partial charge in [-0.1, -0.05) is 13.8 Å². The number of carbonyl (C=O) groups excluding carboxylic acids is 1. The largest absolute Gasteiger partial charge is 0.308 e. The maximum absolute atomic E-state index is 12.2. The van der Waals surface area contributed by atoms with Gasteiger partial charge in [0.05, 0.1) is 0 Å². The number of hydrogen-bond acceptors (Lipinski definition) is 3. The van der Waals surface area contributed by atoms with Crippen molar-refractivity contribution in [2.45, 2.75) is 52.0 Å². The van der Waals surface area contributed by atoms with Gasteiger partial charge >= 0.3 is 0 Å². The molecule has 0 aromatic rings. The van der Waals surface area contributed by atoms with Gasteiger partial charge in [-0.15, -0.1) is 0 Å². The molecule has 0 spiro atoms. The fourth-order valence-corrected chi connectivity index (χ4v) is 3.98. The van der Waals surface area contributed by atoms with Crippen LogP contribution in [0.25, 0.3) is 0 Å². The summed E-state index contributed by atoms with van der Waals surface area (Å²) in [5, 5.41) is 0. The standard InChI is InChI=1S/C17H32N2O/c1-13(2)14-7-8-17(20)15(10-14)11-19-9-5-6-16(19)12-18(3)4/h13-16H,5-12H2,1-4H3. The van der Waals surface area contributed by atoms with E-state index < -0.39 is 0 Å². The maximum atomic E-state index is 12.2. The minimum Gasteiger partial charge on any atom is -0.308 e. The highest BCUT2D eigenvalue weighted by molar-refractivity contribution is 5.82. The van der Waals surface area contributed by atoms with Crippen LogP contribution >= 0.6 is 0 Å². The fourth-order valence-electron chi connectivity index (χ4n) is 3.98. The van der Waals surface area contributed by atoms with Crippen molar-refractivity contribution in [2.24, 2.45) is 17.8 Å². The molecule has 0 aromatic carbocycles. The Balaban J connectivity index is 1.91. The molecule has 1 heterocycles. The Morgan fingerprint density at radius 2 is 2.05 bits per heavy atom. The van der Waals surface area contributed by atoms with Crippen molar-refractivity contribution < 1.29 is 4.79 Å². The minimum absolute atomic E-state index is 0.305. The first-order valence-electron chi connectivity index (χ1n) is 8.39. The molecule has 3 atom stereocenters. The quantitative estimate of drug-likeness (QED) is 0.773. The summed E-state index contributed by atoms with van der Waals surface area (Å²) in [5.41, 5.74) is 0. The topological polar surface area (TPSA) is 23.6 Å².